The molecule has 3 rings (SSSR count). The van der Waals surface area contributed by atoms with Gasteiger partial charge in [0.05, 0.1) is 37.3 Å². The third kappa shape index (κ3) is 4.84. The zero-order chi connectivity index (χ0) is 17.7. The first kappa shape index (κ1) is 18.4. The predicted octanol–water partition coefficient (Wildman–Crippen LogP) is 2.88. The van der Waals surface area contributed by atoms with E-state index in [1.54, 1.807) is 12.1 Å². The van der Waals surface area contributed by atoms with Gasteiger partial charge in [-0.3, -0.25) is 4.79 Å². The monoisotopic (exact) mass is 351 g/mol. The minimum atomic E-state index is -0.151. The van der Waals surface area contributed by atoms with E-state index in [-0.39, 0.29) is 23.7 Å². The highest BCUT2D eigenvalue weighted by Crippen LogP contribution is 2.36. The zero-order valence-electron chi connectivity index (χ0n) is 15.2. The zero-order valence-corrected chi connectivity index (χ0v) is 15.2. The third-order valence-corrected chi connectivity index (χ3v) is 5.03. The molecule has 0 radical (unpaired) electrons. The summed E-state index contributed by atoms with van der Waals surface area (Å²) in [4.78, 5) is 14.2. The Morgan fingerprint density at radius 2 is 2.16 bits per heavy atom. The van der Waals surface area contributed by atoms with Gasteiger partial charge in [-0.05, 0) is 45.2 Å². The van der Waals surface area contributed by atoms with Gasteiger partial charge in [-0.25, -0.2) is 0 Å². The van der Waals surface area contributed by atoms with Crippen LogP contribution in [0.4, 0.5) is 0 Å². The fourth-order valence-corrected chi connectivity index (χ4v) is 3.65. The van der Waals surface area contributed by atoms with E-state index in [1.165, 1.54) is 6.26 Å². The van der Waals surface area contributed by atoms with Crippen LogP contribution in [0.3, 0.4) is 0 Å². The van der Waals surface area contributed by atoms with E-state index in [4.69, 9.17) is 18.6 Å². The van der Waals surface area contributed by atoms with Crippen molar-refractivity contribution in [2.75, 3.05) is 32.9 Å². The van der Waals surface area contributed by atoms with Crippen LogP contribution in [0.1, 0.15) is 50.1 Å². The lowest BCUT2D eigenvalue weighted by Gasteiger charge is -2.45. The first-order chi connectivity index (χ1) is 12.1. The normalized spacial score (nSPS) is 23.3. The van der Waals surface area contributed by atoms with Gasteiger partial charge >= 0.3 is 0 Å². The van der Waals surface area contributed by atoms with Gasteiger partial charge in [-0.2, -0.15) is 0 Å². The van der Waals surface area contributed by atoms with Gasteiger partial charge in [-0.1, -0.05) is 0 Å². The van der Waals surface area contributed by atoms with Crippen molar-refractivity contribution in [1.29, 1.82) is 0 Å². The van der Waals surface area contributed by atoms with Crippen LogP contribution in [0.2, 0.25) is 0 Å². The predicted molar refractivity (Wildman–Crippen MR) is 92.6 cm³/mol. The van der Waals surface area contributed by atoms with Gasteiger partial charge in [0, 0.05) is 26.1 Å². The quantitative estimate of drug-likeness (QED) is 0.738. The summed E-state index contributed by atoms with van der Waals surface area (Å²) in [5.74, 6) is 0.376. The number of furan rings is 1. The van der Waals surface area contributed by atoms with Crippen LogP contribution in [0.25, 0.3) is 0 Å². The Bertz CT molecular complexity index is 534. The van der Waals surface area contributed by atoms with E-state index in [1.807, 2.05) is 18.7 Å². The maximum absolute atomic E-state index is 12.4. The summed E-state index contributed by atoms with van der Waals surface area (Å²) < 4.78 is 22.9. The molecular formula is C19H29NO5. The molecule has 140 valence electrons. The van der Waals surface area contributed by atoms with E-state index in [0.29, 0.717) is 32.1 Å². The summed E-state index contributed by atoms with van der Waals surface area (Å²) >= 11 is 0. The van der Waals surface area contributed by atoms with Gasteiger partial charge in [0.25, 0.3) is 5.91 Å². The summed E-state index contributed by atoms with van der Waals surface area (Å²) in [7, 11) is 0. The summed E-state index contributed by atoms with van der Waals surface area (Å²) in [5, 5.41) is 0. The average molecular weight is 351 g/mol. The molecule has 2 aliphatic heterocycles. The SMILES string of the molecule is CC(C)OCCOC1CCOC2(CCN(C(=O)c3ccco3)CC2)C1. The van der Waals surface area contributed by atoms with Crippen LogP contribution >= 0.6 is 0 Å². The van der Waals surface area contributed by atoms with Crippen molar-refractivity contribution in [2.45, 2.75) is 57.3 Å². The molecule has 6 heteroatoms. The standard InChI is InChI=1S/C19H29NO5/c1-15(2)22-12-13-23-16-5-11-25-19(14-16)6-8-20(9-7-19)18(21)17-4-3-10-24-17/h3-4,10,15-16H,5-9,11-14H2,1-2H3. The van der Waals surface area contributed by atoms with Crippen LogP contribution in [0.5, 0.6) is 0 Å². The van der Waals surface area contributed by atoms with Gasteiger partial charge < -0.3 is 23.5 Å². The highest BCUT2D eigenvalue weighted by Gasteiger charge is 2.41. The smallest absolute Gasteiger partial charge is 0.289 e. The highest BCUT2D eigenvalue weighted by atomic mass is 16.5. The largest absolute Gasteiger partial charge is 0.459 e. The lowest BCUT2D eigenvalue weighted by Crippen LogP contribution is -2.52. The molecule has 0 aliphatic carbocycles. The fraction of sp³-hybridized carbons (Fsp3) is 0.737. The Hall–Kier alpha value is -1.37. The molecule has 1 amide bonds. The van der Waals surface area contributed by atoms with Crippen molar-refractivity contribution in [1.82, 2.24) is 4.90 Å². The number of carbonyl (C=O) groups excluding carboxylic acids is 1. The van der Waals surface area contributed by atoms with Gasteiger partial charge in [0.2, 0.25) is 0 Å². The van der Waals surface area contributed by atoms with Crippen LogP contribution in [-0.2, 0) is 14.2 Å². The number of likely N-dealkylation sites (tertiary alicyclic amines) is 1. The number of nitrogens with zero attached hydrogens (tertiary/aromatic N) is 1. The Labute approximate surface area is 149 Å². The number of hydrogen-bond acceptors (Lipinski definition) is 5. The van der Waals surface area contributed by atoms with Crippen molar-refractivity contribution in [3.63, 3.8) is 0 Å². The van der Waals surface area contributed by atoms with Gasteiger partial charge in [0.1, 0.15) is 0 Å². The van der Waals surface area contributed by atoms with E-state index in [2.05, 4.69) is 0 Å². The third-order valence-electron chi connectivity index (χ3n) is 5.03. The second kappa shape index (κ2) is 8.34. The van der Waals surface area contributed by atoms with E-state index in [9.17, 15) is 4.79 Å². The van der Waals surface area contributed by atoms with Crippen LogP contribution in [-0.4, -0.2) is 61.5 Å². The van der Waals surface area contributed by atoms with E-state index < -0.39 is 0 Å². The van der Waals surface area contributed by atoms with Crippen molar-refractivity contribution in [3.8, 4) is 0 Å². The molecule has 0 bridgehead atoms. The number of hydrogen-bond donors (Lipinski definition) is 0. The molecule has 0 aromatic carbocycles. The second-order valence-corrected chi connectivity index (χ2v) is 7.21. The Balaban J connectivity index is 1.46. The first-order valence-corrected chi connectivity index (χ1v) is 9.28. The molecule has 25 heavy (non-hydrogen) atoms. The first-order valence-electron chi connectivity index (χ1n) is 9.28. The Morgan fingerprint density at radius 3 is 2.84 bits per heavy atom. The number of piperidine rings is 1. The van der Waals surface area contributed by atoms with Crippen molar-refractivity contribution in [3.05, 3.63) is 24.2 Å². The summed E-state index contributed by atoms with van der Waals surface area (Å²) in [6, 6.07) is 3.46. The maximum atomic E-state index is 12.4. The molecule has 1 atom stereocenters. The van der Waals surface area contributed by atoms with E-state index in [0.717, 1.165) is 32.3 Å². The van der Waals surface area contributed by atoms with E-state index >= 15 is 0 Å². The molecule has 6 nitrogen and oxygen atoms in total. The highest BCUT2D eigenvalue weighted by molar-refractivity contribution is 5.91. The fourth-order valence-electron chi connectivity index (χ4n) is 3.65. The molecule has 1 aromatic rings. The second-order valence-electron chi connectivity index (χ2n) is 7.21. The van der Waals surface area contributed by atoms with Crippen LogP contribution in [0, 0.1) is 0 Å². The lowest BCUT2D eigenvalue weighted by atomic mass is 9.83. The lowest BCUT2D eigenvalue weighted by molar-refractivity contribution is -0.156. The summed E-state index contributed by atoms with van der Waals surface area (Å²) in [5.41, 5.74) is -0.151. The molecule has 0 N–H and O–H groups in total. The molecule has 1 spiro atoms. The molecule has 2 saturated heterocycles. The van der Waals surface area contributed by atoms with Gasteiger partial charge in [0.15, 0.2) is 5.76 Å². The Kier molecular flexibility index (Phi) is 6.15. The molecule has 3 heterocycles. The minimum Gasteiger partial charge on any atom is -0.459 e. The summed E-state index contributed by atoms with van der Waals surface area (Å²) in [6.07, 6.45) is 5.52. The number of carbonyl (C=O) groups is 1. The van der Waals surface area contributed by atoms with Gasteiger partial charge in [-0.15, -0.1) is 0 Å². The molecule has 1 unspecified atom stereocenters. The molecule has 2 aliphatic rings. The van der Waals surface area contributed by atoms with Crippen molar-refractivity contribution < 1.29 is 23.4 Å². The van der Waals surface area contributed by atoms with Crippen LogP contribution < -0.4 is 0 Å². The van der Waals surface area contributed by atoms with Crippen molar-refractivity contribution in [2.24, 2.45) is 0 Å². The van der Waals surface area contributed by atoms with Crippen LogP contribution in [0.15, 0.2) is 22.8 Å². The molecular weight excluding hydrogens is 322 g/mol. The van der Waals surface area contributed by atoms with Crippen molar-refractivity contribution >= 4 is 5.91 Å². The molecule has 2 fully saturated rings. The molecule has 1 aromatic heterocycles. The number of ether oxygens (including phenoxy) is 3. The topological polar surface area (TPSA) is 61.1 Å². The maximum Gasteiger partial charge on any atom is 0.289 e. The Morgan fingerprint density at radius 1 is 1.36 bits per heavy atom. The average Bonchev–Trinajstić information content (AvgIpc) is 3.13. The molecule has 0 saturated carbocycles. The minimum absolute atomic E-state index is 0.0331. The number of rotatable bonds is 6. The number of amides is 1. The summed E-state index contributed by atoms with van der Waals surface area (Å²) in [6.45, 7) is 7.44.